The lowest BCUT2D eigenvalue weighted by atomic mass is 10.1. The molecule has 5 heteroatoms. The highest BCUT2D eigenvalue weighted by molar-refractivity contribution is 5.92. The maximum absolute atomic E-state index is 12.6. The number of nitrogens with zero attached hydrogens (tertiary/aromatic N) is 3. The lowest BCUT2D eigenvalue weighted by Crippen LogP contribution is -2.35. The first-order chi connectivity index (χ1) is 11.4. The van der Waals surface area contributed by atoms with E-state index in [9.17, 15) is 4.79 Å². The Kier molecular flexibility index (Phi) is 6.12. The van der Waals surface area contributed by atoms with Gasteiger partial charge in [-0.3, -0.25) is 14.5 Å². The summed E-state index contributed by atoms with van der Waals surface area (Å²) in [5, 5.41) is 7.61. The zero-order chi connectivity index (χ0) is 17.7. The number of hydrogen-bond acceptors (Lipinski definition) is 3. The molecule has 1 N–H and O–H groups in total. The van der Waals surface area contributed by atoms with E-state index in [0.717, 1.165) is 29.8 Å². The van der Waals surface area contributed by atoms with Crippen LogP contribution in [0.15, 0.2) is 24.4 Å². The van der Waals surface area contributed by atoms with Crippen molar-refractivity contribution in [3.8, 4) is 0 Å². The van der Waals surface area contributed by atoms with Gasteiger partial charge in [0.25, 0.3) is 5.91 Å². The molecule has 0 unspecified atom stereocenters. The molecule has 2 rings (SSSR count). The van der Waals surface area contributed by atoms with Gasteiger partial charge in [-0.1, -0.05) is 19.9 Å². The fourth-order valence-corrected chi connectivity index (χ4v) is 2.78. The number of aromatic nitrogens is 3. The molecule has 0 radical (unpaired) electrons. The first kappa shape index (κ1) is 18.2. The molecular formula is C19H28N4O. The Hall–Kier alpha value is -2.17. The van der Waals surface area contributed by atoms with E-state index in [1.807, 2.05) is 39.0 Å². The number of hydrogen-bond donors (Lipinski definition) is 1. The smallest absolute Gasteiger partial charge is 0.269 e. The molecule has 0 aliphatic heterocycles. The molecule has 0 saturated carbocycles. The first-order valence-corrected chi connectivity index (χ1v) is 8.68. The third kappa shape index (κ3) is 4.66. The van der Waals surface area contributed by atoms with Gasteiger partial charge in [-0.2, -0.15) is 5.10 Å². The molecule has 0 aliphatic rings. The lowest BCUT2D eigenvalue weighted by molar-refractivity contribution is 0.0929. The quantitative estimate of drug-likeness (QED) is 0.849. The van der Waals surface area contributed by atoms with Crippen molar-refractivity contribution in [3.63, 3.8) is 0 Å². The van der Waals surface area contributed by atoms with E-state index in [1.54, 1.807) is 10.9 Å². The van der Waals surface area contributed by atoms with Crippen LogP contribution in [0.25, 0.3) is 0 Å². The monoisotopic (exact) mass is 328 g/mol. The number of carbonyl (C=O) groups excluding carboxylic acids is 1. The highest BCUT2D eigenvalue weighted by Crippen LogP contribution is 2.11. The summed E-state index contributed by atoms with van der Waals surface area (Å²) in [4.78, 5) is 17.0. The van der Waals surface area contributed by atoms with Crippen molar-refractivity contribution in [2.45, 2.75) is 60.0 Å². The van der Waals surface area contributed by atoms with E-state index in [-0.39, 0.29) is 11.9 Å². The second-order valence-electron chi connectivity index (χ2n) is 6.78. The molecule has 0 bridgehead atoms. The van der Waals surface area contributed by atoms with Crippen LogP contribution >= 0.6 is 0 Å². The van der Waals surface area contributed by atoms with Gasteiger partial charge in [-0.15, -0.1) is 0 Å². The Bertz CT molecular complexity index is 690. The van der Waals surface area contributed by atoms with Crippen molar-refractivity contribution in [1.82, 2.24) is 20.1 Å². The number of amides is 1. The van der Waals surface area contributed by atoms with Crippen molar-refractivity contribution in [3.05, 3.63) is 47.0 Å². The Balaban J connectivity index is 2.06. The van der Waals surface area contributed by atoms with Gasteiger partial charge in [0, 0.05) is 30.9 Å². The summed E-state index contributed by atoms with van der Waals surface area (Å²) in [6, 6.07) is 5.90. The van der Waals surface area contributed by atoms with E-state index in [4.69, 9.17) is 0 Å². The SMILES string of the molecule is CCn1nc(CC(C)C)cc1C(=O)N[C@@H](C)Cc1ncccc1C. The zero-order valence-corrected chi connectivity index (χ0v) is 15.3. The largest absolute Gasteiger partial charge is 0.348 e. The third-order valence-electron chi connectivity index (χ3n) is 3.98. The molecule has 0 fully saturated rings. The lowest BCUT2D eigenvalue weighted by Gasteiger charge is -2.15. The van der Waals surface area contributed by atoms with Crippen molar-refractivity contribution >= 4 is 5.91 Å². The number of nitrogens with one attached hydrogen (secondary N) is 1. The summed E-state index contributed by atoms with van der Waals surface area (Å²) in [5.74, 6) is 0.451. The molecule has 0 aliphatic carbocycles. The van der Waals surface area contributed by atoms with Crippen LogP contribution in [0.4, 0.5) is 0 Å². The first-order valence-electron chi connectivity index (χ1n) is 8.68. The van der Waals surface area contributed by atoms with Gasteiger partial charge in [0.05, 0.1) is 5.69 Å². The molecule has 2 aromatic rings. The van der Waals surface area contributed by atoms with Gasteiger partial charge >= 0.3 is 0 Å². The van der Waals surface area contributed by atoms with Crippen LogP contribution in [0.2, 0.25) is 0 Å². The topological polar surface area (TPSA) is 59.8 Å². The van der Waals surface area contributed by atoms with E-state index in [0.29, 0.717) is 18.2 Å². The van der Waals surface area contributed by atoms with Gasteiger partial charge < -0.3 is 5.32 Å². The fraction of sp³-hybridized carbons (Fsp3) is 0.526. The molecule has 0 spiro atoms. The van der Waals surface area contributed by atoms with Gasteiger partial charge in [0.1, 0.15) is 5.69 Å². The van der Waals surface area contributed by atoms with Crippen molar-refractivity contribution in [1.29, 1.82) is 0 Å². The maximum Gasteiger partial charge on any atom is 0.269 e. The molecule has 2 aromatic heterocycles. The van der Waals surface area contributed by atoms with Crippen LogP contribution in [0, 0.1) is 12.8 Å². The van der Waals surface area contributed by atoms with Crippen LogP contribution < -0.4 is 5.32 Å². The van der Waals surface area contributed by atoms with Crippen molar-refractivity contribution in [2.24, 2.45) is 5.92 Å². The number of carbonyl (C=O) groups is 1. The minimum Gasteiger partial charge on any atom is -0.348 e. The van der Waals surface area contributed by atoms with Gasteiger partial charge in [-0.25, -0.2) is 0 Å². The van der Waals surface area contributed by atoms with E-state index in [2.05, 4.69) is 29.2 Å². The number of rotatable bonds is 7. The van der Waals surface area contributed by atoms with Crippen molar-refractivity contribution < 1.29 is 4.79 Å². The summed E-state index contributed by atoms with van der Waals surface area (Å²) in [5.41, 5.74) is 3.79. The predicted molar refractivity (Wildman–Crippen MR) is 96.0 cm³/mol. The molecule has 0 saturated heterocycles. The molecule has 1 atom stereocenters. The van der Waals surface area contributed by atoms with Crippen LogP contribution in [0.1, 0.15) is 55.1 Å². The van der Waals surface area contributed by atoms with E-state index >= 15 is 0 Å². The van der Waals surface area contributed by atoms with E-state index < -0.39 is 0 Å². The predicted octanol–water partition coefficient (Wildman–Crippen LogP) is 3.17. The summed E-state index contributed by atoms with van der Waals surface area (Å²) < 4.78 is 1.78. The molecule has 5 nitrogen and oxygen atoms in total. The minimum absolute atomic E-state index is 0.0138. The fourth-order valence-electron chi connectivity index (χ4n) is 2.78. The van der Waals surface area contributed by atoms with Crippen LogP contribution in [0.3, 0.4) is 0 Å². The minimum atomic E-state index is -0.0690. The van der Waals surface area contributed by atoms with Gasteiger partial charge in [-0.05, 0) is 50.8 Å². The molecule has 0 aromatic carbocycles. The van der Waals surface area contributed by atoms with Crippen molar-refractivity contribution in [2.75, 3.05) is 0 Å². The Morgan fingerprint density at radius 2 is 2.04 bits per heavy atom. The maximum atomic E-state index is 12.6. The Morgan fingerprint density at radius 3 is 2.67 bits per heavy atom. The van der Waals surface area contributed by atoms with E-state index in [1.165, 1.54) is 0 Å². The number of aryl methyl sites for hydroxylation is 2. The second-order valence-corrected chi connectivity index (χ2v) is 6.78. The average molecular weight is 328 g/mol. The average Bonchev–Trinajstić information content (AvgIpc) is 2.91. The Labute approximate surface area is 144 Å². The molecule has 1 amide bonds. The van der Waals surface area contributed by atoms with Gasteiger partial charge in [0.15, 0.2) is 0 Å². The molecular weight excluding hydrogens is 300 g/mol. The highest BCUT2D eigenvalue weighted by atomic mass is 16.2. The third-order valence-corrected chi connectivity index (χ3v) is 3.98. The molecule has 130 valence electrons. The normalized spacial score (nSPS) is 12.4. The molecule has 24 heavy (non-hydrogen) atoms. The summed E-state index contributed by atoms with van der Waals surface area (Å²) in [6.45, 7) is 11.1. The van der Waals surface area contributed by atoms with Crippen LogP contribution in [0.5, 0.6) is 0 Å². The molecule has 2 heterocycles. The Morgan fingerprint density at radius 1 is 1.29 bits per heavy atom. The standard InChI is InChI=1S/C19H28N4O/c1-6-23-18(12-16(22-23)10-13(2)3)19(24)21-15(5)11-17-14(4)8-7-9-20-17/h7-9,12-13,15H,6,10-11H2,1-5H3,(H,21,24)/t15-/m0/s1. The van der Waals surface area contributed by atoms with Crippen LogP contribution in [-0.2, 0) is 19.4 Å². The second kappa shape index (κ2) is 8.08. The van der Waals surface area contributed by atoms with Crippen LogP contribution in [-0.4, -0.2) is 26.7 Å². The highest BCUT2D eigenvalue weighted by Gasteiger charge is 2.17. The summed E-state index contributed by atoms with van der Waals surface area (Å²) in [7, 11) is 0. The van der Waals surface area contributed by atoms with Gasteiger partial charge in [0.2, 0.25) is 0 Å². The number of pyridine rings is 1. The summed E-state index contributed by atoms with van der Waals surface area (Å²) >= 11 is 0. The summed E-state index contributed by atoms with van der Waals surface area (Å²) in [6.07, 6.45) is 3.40. The zero-order valence-electron chi connectivity index (χ0n) is 15.3.